The van der Waals surface area contributed by atoms with Crippen LogP contribution in [-0.2, 0) is 22.2 Å². The van der Waals surface area contributed by atoms with Gasteiger partial charge in [-0.3, -0.25) is 0 Å². The van der Waals surface area contributed by atoms with Crippen LogP contribution in [0.15, 0.2) is 4.99 Å². The van der Waals surface area contributed by atoms with Gasteiger partial charge in [-0.15, -0.1) is 0 Å². The van der Waals surface area contributed by atoms with Crippen molar-refractivity contribution in [3.8, 4) is 0 Å². The zero-order valence-electron chi connectivity index (χ0n) is 8.75. The number of hydrogen-bond donors (Lipinski definition) is 0. The van der Waals surface area contributed by atoms with Gasteiger partial charge in [-0.1, -0.05) is 13.8 Å². The van der Waals surface area contributed by atoms with Crippen molar-refractivity contribution in [1.82, 2.24) is 0 Å². The first kappa shape index (κ1) is 18.6. The van der Waals surface area contributed by atoms with Gasteiger partial charge in [-0.2, -0.15) is 12.8 Å². The van der Waals surface area contributed by atoms with Crippen LogP contribution < -0.4 is 0 Å². The number of hydrogen-bond acceptors (Lipinski definition) is 2. The van der Waals surface area contributed by atoms with Gasteiger partial charge in [0.05, 0.1) is 6.04 Å². The Morgan fingerprint density at radius 2 is 1.77 bits per heavy atom. The van der Waals surface area contributed by atoms with Gasteiger partial charge in [0.2, 0.25) is 6.08 Å². The molecule has 0 radical (unpaired) electrons. The Bertz CT molecular complexity index is 133. The molecule has 0 heterocycles. The number of rotatable bonds is 3. The molecule has 3 heteroatoms. The van der Waals surface area contributed by atoms with E-state index in [9.17, 15) is 4.79 Å². The normalized spacial score (nSPS) is 12.4. The molecule has 0 amide bonds. The molecule has 0 aromatic carbocycles. The third-order valence-corrected chi connectivity index (χ3v) is 1.54. The van der Waals surface area contributed by atoms with Crippen LogP contribution in [0.2, 0.25) is 0 Å². The van der Waals surface area contributed by atoms with E-state index < -0.39 is 0 Å². The van der Waals surface area contributed by atoms with Crippen molar-refractivity contribution in [2.75, 3.05) is 0 Å². The number of carbonyl (C=O) groups excluding carboxylic acids is 1. The fourth-order valence-electron chi connectivity index (χ4n) is 0.452. The molecule has 0 N–H and O–H groups in total. The van der Waals surface area contributed by atoms with E-state index in [1.807, 2.05) is 20.8 Å². The van der Waals surface area contributed by atoms with E-state index in [1.165, 1.54) is 6.08 Å². The van der Waals surface area contributed by atoms with Crippen LogP contribution in [0.3, 0.4) is 0 Å². The molecule has 0 rings (SSSR count). The molecule has 0 aliphatic carbocycles. The Morgan fingerprint density at radius 3 is 2.00 bits per heavy atom. The van der Waals surface area contributed by atoms with Crippen molar-refractivity contribution < 1.29 is 22.2 Å². The molecule has 76 valence electrons. The summed E-state index contributed by atoms with van der Waals surface area (Å²) >= 11 is 0. The van der Waals surface area contributed by atoms with Crippen LogP contribution in [0.25, 0.3) is 0 Å². The predicted molar refractivity (Wildman–Crippen MR) is 52.4 cm³/mol. The zero-order chi connectivity index (χ0) is 9.98. The molecule has 0 saturated heterocycles. The van der Waals surface area contributed by atoms with Gasteiger partial charge >= 0.3 is 17.4 Å². The smallest absolute Gasteiger partial charge is 0.344 e. The predicted octanol–water partition coefficient (Wildman–Crippen LogP) is 2.80. The summed E-state index contributed by atoms with van der Waals surface area (Å²) in [5.41, 5.74) is 0. The minimum absolute atomic E-state index is 0. The molecule has 0 fully saturated rings. The first-order valence-electron chi connectivity index (χ1n) is 4.29. The van der Waals surface area contributed by atoms with E-state index in [1.54, 1.807) is 0 Å². The molecule has 2 atom stereocenters. The van der Waals surface area contributed by atoms with Crippen molar-refractivity contribution >= 4 is 6.08 Å². The topological polar surface area (TPSA) is 29.4 Å². The zero-order valence-corrected chi connectivity index (χ0v) is 10.0. The summed E-state index contributed by atoms with van der Waals surface area (Å²) in [5.74, 6) is 0.381. The summed E-state index contributed by atoms with van der Waals surface area (Å²) in [4.78, 5) is 13.3. The standard InChI is InChI=1S/C7H12NO.C3H7.Cr/c1-4-6(2)7(3)8-5-9;1-3-2;/h6-7H,1,4H2,2-3H3;1,3H2,2H3;/q2*-1;+2. The number of isocyanates is 1. The molecular weight excluding hydrogens is 202 g/mol. The average Bonchev–Trinajstić information content (AvgIpc) is 2.05. The van der Waals surface area contributed by atoms with Gasteiger partial charge in [0.25, 0.3) is 0 Å². The summed E-state index contributed by atoms with van der Waals surface area (Å²) in [6.45, 7) is 13.1. The second-order valence-corrected chi connectivity index (χ2v) is 2.73. The maximum absolute atomic E-state index is 9.72. The molecule has 0 spiro atoms. The van der Waals surface area contributed by atoms with Gasteiger partial charge < -0.3 is 13.8 Å². The van der Waals surface area contributed by atoms with E-state index in [0.717, 1.165) is 12.8 Å². The maximum atomic E-state index is 9.72. The summed E-state index contributed by atoms with van der Waals surface area (Å²) in [6.07, 6.45) is 3.34. The average molecular weight is 221 g/mol. The van der Waals surface area contributed by atoms with Gasteiger partial charge in [-0.25, -0.2) is 9.79 Å². The van der Waals surface area contributed by atoms with Crippen molar-refractivity contribution in [2.45, 2.75) is 39.7 Å². The van der Waals surface area contributed by atoms with Crippen molar-refractivity contribution in [1.29, 1.82) is 0 Å². The minimum Gasteiger partial charge on any atom is -0.344 e. The number of aliphatic imine (C=N–C) groups is 1. The molecule has 0 aliphatic rings. The van der Waals surface area contributed by atoms with Gasteiger partial charge in [0.15, 0.2) is 0 Å². The van der Waals surface area contributed by atoms with E-state index in [4.69, 9.17) is 0 Å². The third-order valence-electron chi connectivity index (χ3n) is 1.54. The van der Waals surface area contributed by atoms with Crippen LogP contribution in [0.4, 0.5) is 0 Å². The van der Waals surface area contributed by atoms with Crippen molar-refractivity contribution in [2.24, 2.45) is 10.9 Å². The van der Waals surface area contributed by atoms with Gasteiger partial charge in [-0.05, 0) is 12.8 Å². The largest absolute Gasteiger partial charge is 2.00 e. The molecule has 2 unspecified atom stereocenters. The van der Waals surface area contributed by atoms with Gasteiger partial charge in [0, 0.05) is 0 Å². The second-order valence-electron chi connectivity index (χ2n) is 2.73. The van der Waals surface area contributed by atoms with Crippen LogP contribution in [0.5, 0.6) is 0 Å². The molecule has 2 nitrogen and oxygen atoms in total. The molecular formula is C10H19CrNO. The quantitative estimate of drug-likeness (QED) is 0.409. The van der Waals surface area contributed by atoms with Crippen LogP contribution in [0.1, 0.15) is 33.6 Å². The van der Waals surface area contributed by atoms with Crippen molar-refractivity contribution in [3.05, 3.63) is 13.8 Å². The molecule has 13 heavy (non-hydrogen) atoms. The first-order valence-corrected chi connectivity index (χ1v) is 4.29. The minimum atomic E-state index is 0. The Morgan fingerprint density at radius 1 is 1.38 bits per heavy atom. The fourth-order valence-corrected chi connectivity index (χ4v) is 0.452. The summed E-state index contributed by atoms with van der Waals surface area (Å²) < 4.78 is 0. The SMILES string of the molecule is [CH2-]CC.[CH2-]CC(C)C(C)N=C=O.[Cr+2]. The van der Waals surface area contributed by atoms with E-state index in [0.29, 0.717) is 5.92 Å². The monoisotopic (exact) mass is 221 g/mol. The molecule has 0 aromatic rings. The van der Waals surface area contributed by atoms with Gasteiger partial charge in [0.1, 0.15) is 0 Å². The maximum Gasteiger partial charge on any atom is 2.00 e. The summed E-state index contributed by atoms with van der Waals surface area (Å²) in [6, 6.07) is 0.0694. The van der Waals surface area contributed by atoms with Crippen LogP contribution in [0, 0.1) is 19.8 Å². The van der Waals surface area contributed by atoms with E-state index in [2.05, 4.69) is 18.8 Å². The first-order chi connectivity index (χ1) is 5.63. The van der Waals surface area contributed by atoms with Crippen LogP contribution in [-0.4, -0.2) is 12.1 Å². The summed E-state index contributed by atoms with van der Waals surface area (Å²) in [7, 11) is 0. The molecule has 0 aromatic heterocycles. The molecule has 0 bridgehead atoms. The van der Waals surface area contributed by atoms with Crippen LogP contribution >= 0.6 is 0 Å². The second kappa shape index (κ2) is 14.4. The summed E-state index contributed by atoms with van der Waals surface area (Å²) in [5, 5.41) is 0. The van der Waals surface area contributed by atoms with E-state index >= 15 is 0 Å². The molecule has 0 saturated carbocycles. The Kier molecular flexibility index (Phi) is 20.7. The third kappa shape index (κ3) is 14.7. The Labute approximate surface area is 93.0 Å². The van der Waals surface area contributed by atoms with Crippen molar-refractivity contribution in [3.63, 3.8) is 0 Å². The fraction of sp³-hybridized carbons (Fsp3) is 0.700. The molecule has 0 aliphatic heterocycles. The Hall–Kier alpha value is -0.0875. The Balaban J connectivity index is -0.000000220. The number of nitrogens with zero attached hydrogens (tertiary/aromatic N) is 1. The van der Waals surface area contributed by atoms with E-state index in [-0.39, 0.29) is 23.4 Å².